The van der Waals surface area contributed by atoms with E-state index < -0.39 is 0 Å². The van der Waals surface area contributed by atoms with Crippen LogP contribution >= 0.6 is 0 Å². The van der Waals surface area contributed by atoms with E-state index in [0.29, 0.717) is 6.42 Å². The van der Waals surface area contributed by atoms with Gasteiger partial charge >= 0.3 is 0 Å². The fourth-order valence-electron chi connectivity index (χ4n) is 2.31. The predicted octanol–water partition coefficient (Wildman–Crippen LogP) is 3.42. The van der Waals surface area contributed by atoms with Crippen LogP contribution in [0.5, 0.6) is 0 Å². The maximum atomic E-state index is 12.0. The lowest BCUT2D eigenvalue weighted by molar-refractivity contribution is -0.116. The largest absolute Gasteiger partial charge is 0.399 e. The molecule has 4 nitrogen and oxygen atoms in total. The highest BCUT2D eigenvalue weighted by molar-refractivity contribution is 5.91. The van der Waals surface area contributed by atoms with E-state index >= 15 is 0 Å². The first-order valence-electron chi connectivity index (χ1n) is 7.95. The summed E-state index contributed by atoms with van der Waals surface area (Å²) in [6, 6.07) is 5.55. The monoisotopic (exact) mass is 291 g/mol. The Balaban J connectivity index is 2.33. The lowest BCUT2D eigenvalue weighted by Gasteiger charge is -2.19. The number of hydrogen-bond acceptors (Lipinski definition) is 3. The molecule has 0 bridgehead atoms. The van der Waals surface area contributed by atoms with Gasteiger partial charge in [-0.05, 0) is 63.2 Å². The number of hydrogen-bond donors (Lipinski definition) is 2. The lowest BCUT2D eigenvalue weighted by Crippen LogP contribution is -2.26. The zero-order valence-electron chi connectivity index (χ0n) is 13.6. The van der Waals surface area contributed by atoms with Gasteiger partial charge in [0, 0.05) is 17.8 Å². The minimum atomic E-state index is 0.0782. The van der Waals surface area contributed by atoms with Crippen molar-refractivity contribution in [2.45, 2.75) is 46.5 Å². The molecule has 0 spiro atoms. The van der Waals surface area contributed by atoms with Gasteiger partial charge < -0.3 is 16.0 Å². The molecular weight excluding hydrogens is 262 g/mol. The molecular formula is C17H29N3O. The summed E-state index contributed by atoms with van der Waals surface area (Å²) >= 11 is 0. The number of anilines is 2. The van der Waals surface area contributed by atoms with Gasteiger partial charge in [0.1, 0.15) is 0 Å². The van der Waals surface area contributed by atoms with E-state index in [1.54, 1.807) is 0 Å². The molecule has 0 aliphatic rings. The normalized spacial score (nSPS) is 10.9. The van der Waals surface area contributed by atoms with E-state index in [1.165, 1.54) is 12.8 Å². The van der Waals surface area contributed by atoms with E-state index in [-0.39, 0.29) is 5.91 Å². The van der Waals surface area contributed by atoms with Gasteiger partial charge in [0.05, 0.1) is 0 Å². The molecule has 0 radical (unpaired) electrons. The minimum Gasteiger partial charge on any atom is -0.399 e. The summed E-state index contributed by atoms with van der Waals surface area (Å²) < 4.78 is 0. The Morgan fingerprint density at radius 2 is 1.95 bits per heavy atom. The third-order valence-corrected chi connectivity index (χ3v) is 3.68. The van der Waals surface area contributed by atoms with Gasteiger partial charge in [-0.1, -0.05) is 20.3 Å². The number of nitrogen functional groups attached to an aromatic ring is 1. The summed E-state index contributed by atoms with van der Waals surface area (Å²) in [5, 5.41) is 2.96. The number of nitrogens with two attached hydrogens (primary N) is 1. The molecule has 0 saturated carbocycles. The Hall–Kier alpha value is -1.55. The molecule has 21 heavy (non-hydrogen) atoms. The Bertz CT molecular complexity index is 446. The first-order valence-corrected chi connectivity index (χ1v) is 7.95. The van der Waals surface area contributed by atoms with E-state index in [0.717, 1.165) is 43.0 Å². The molecule has 1 amide bonds. The van der Waals surface area contributed by atoms with E-state index in [2.05, 4.69) is 24.1 Å². The SMILES string of the molecule is CCCCN(CC)CCCC(=O)Nc1ccc(N)cc1C. The van der Waals surface area contributed by atoms with Crippen molar-refractivity contribution in [2.75, 3.05) is 30.7 Å². The number of nitrogens with zero attached hydrogens (tertiary/aromatic N) is 1. The predicted molar refractivity (Wildman–Crippen MR) is 90.5 cm³/mol. The second-order valence-corrected chi connectivity index (χ2v) is 5.51. The van der Waals surface area contributed by atoms with Crippen molar-refractivity contribution in [1.82, 2.24) is 4.90 Å². The minimum absolute atomic E-state index is 0.0782. The third-order valence-electron chi connectivity index (χ3n) is 3.68. The van der Waals surface area contributed by atoms with Gasteiger partial charge in [-0.25, -0.2) is 0 Å². The molecule has 3 N–H and O–H groups in total. The molecule has 0 unspecified atom stereocenters. The number of benzene rings is 1. The zero-order chi connectivity index (χ0) is 15.7. The third kappa shape index (κ3) is 6.63. The molecule has 1 rings (SSSR count). The van der Waals surface area contributed by atoms with Crippen LogP contribution in [0.15, 0.2) is 18.2 Å². The van der Waals surface area contributed by atoms with Crippen LogP contribution in [0.2, 0.25) is 0 Å². The molecule has 0 saturated heterocycles. The van der Waals surface area contributed by atoms with Crippen molar-refractivity contribution in [1.29, 1.82) is 0 Å². The summed E-state index contributed by atoms with van der Waals surface area (Å²) in [6.07, 6.45) is 3.90. The highest BCUT2D eigenvalue weighted by atomic mass is 16.1. The number of amides is 1. The van der Waals surface area contributed by atoms with Crippen LogP contribution < -0.4 is 11.1 Å². The van der Waals surface area contributed by atoms with Gasteiger partial charge in [0.2, 0.25) is 5.91 Å². The number of rotatable bonds is 9. The highest BCUT2D eigenvalue weighted by Crippen LogP contribution is 2.17. The van der Waals surface area contributed by atoms with Crippen molar-refractivity contribution in [3.05, 3.63) is 23.8 Å². The van der Waals surface area contributed by atoms with Crippen molar-refractivity contribution >= 4 is 17.3 Å². The maximum Gasteiger partial charge on any atom is 0.224 e. The maximum absolute atomic E-state index is 12.0. The number of carbonyl (C=O) groups is 1. The van der Waals surface area contributed by atoms with Crippen LogP contribution in [0.3, 0.4) is 0 Å². The van der Waals surface area contributed by atoms with Crippen LogP contribution in [0.1, 0.15) is 45.1 Å². The summed E-state index contributed by atoms with van der Waals surface area (Å²) in [5.74, 6) is 0.0782. The van der Waals surface area contributed by atoms with Crippen LogP contribution in [0.4, 0.5) is 11.4 Å². The van der Waals surface area contributed by atoms with Gasteiger partial charge in [-0.2, -0.15) is 0 Å². The fourth-order valence-corrected chi connectivity index (χ4v) is 2.31. The molecule has 0 heterocycles. The summed E-state index contributed by atoms with van der Waals surface area (Å²) in [4.78, 5) is 14.4. The fraction of sp³-hybridized carbons (Fsp3) is 0.588. The Morgan fingerprint density at radius 3 is 2.57 bits per heavy atom. The number of unbranched alkanes of at least 4 members (excludes halogenated alkanes) is 1. The summed E-state index contributed by atoms with van der Waals surface area (Å²) in [6.45, 7) is 9.51. The second-order valence-electron chi connectivity index (χ2n) is 5.51. The van der Waals surface area contributed by atoms with Crippen molar-refractivity contribution < 1.29 is 4.79 Å². The topological polar surface area (TPSA) is 58.4 Å². The quantitative estimate of drug-likeness (QED) is 0.685. The molecule has 4 heteroatoms. The average Bonchev–Trinajstić information content (AvgIpc) is 2.45. The highest BCUT2D eigenvalue weighted by Gasteiger charge is 2.07. The van der Waals surface area contributed by atoms with E-state index in [4.69, 9.17) is 5.73 Å². The Kier molecular flexibility index (Phi) is 7.83. The van der Waals surface area contributed by atoms with Crippen LogP contribution in [0.25, 0.3) is 0 Å². The summed E-state index contributed by atoms with van der Waals surface area (Å²) in [5.41, 5.74) is 8.29. The van der Waals surface area contributed by atoms with Crippen LogP contribution in [-0.4, -0.2) is 30.4 Å². The lowest BCUT2D eigenvalue weighted by atomic mass is 10.1. The van der Waals surface area contributed by atoms with Crippen LogP contribution in [-0.2, 0) is 4.79 Å². The number of carbonyl (C=O) groups excluding carboxylic acids is 1. The molecule has 0 aliphatic carbocycles. The smallest absolute Gasteiger partial charge is 0.224 e. The van der Waals surface area contributed by atoms with Crippen LogP contribution in [0, 0.1) is 6.92 Å². The van der Waals surface area contributed by atoms with Gasteiger partial charge in [-0.15, -0.1) is 0 Å². The molecule has 0 fully saturated rings. The molecule has 0 atom stereocenters. The van der Waals surface area contributed by atoms with Crippen molar-refractivity contribution in [3.63, 3.8) is 0 Å². The average molecular weight is 291 g/mol. The van der Waals surface area contributed by atoms with Crippen molar-refractivity contribution in [3.8, 4) is 0 Å². The number of nitrogens with one attached hydrogen (secondary N) is 1. The van der Waals surface area contributed by atoms with E-state index in [1.807, 2.05) is 25.1 Å². The first kappa shape index (κ1) is 17.5. The van der Waals surface area contributed by atoms with Gasteiger partial charge in [0.25, 0.3) is 0 Å². The molecule has 118 valence electrons. The second kappa shape index (κ2) is 9.40. The number of aryl methyl sites for hydroxylation is 1. The standard InChI is InChI=1S/C17H29N3O/c1-4-6-11-20(5-2)12-7-8-17(21)19-16-10-9-15(18)13-14(16)3/h9-10,13H,4-8,11-12,18H2,1-3H3,(H,19,21). The van der Waals surface area contributed by atoms with Crippen molar-refractivity contribution in [2.24, 2.45) is 0 Å². The van der Waals surface area contributed by atoms with Gasteiger partial charge in [0.15, 0.2) is 0 Å². The molecule has 1 aromatic carbocycles. The Morgan fingerprint density at radius 1 is 1.24 bits per heavy atom. The first-order chi connectivity index (χ1) is 10.1. The zero-order valence-corrected chi connectivity index (χ0v) is 13.6. The molecule has 0 aliphatic heterocycles. The summed E-state index contributed by atoms with van der Waals surface area (Å²) in [7, 11) is 0. The van der Waals surface area contributed by atoms with Gasteiger partial charge in [-0.3, -0.25) is 4.79 Å². The Labute approximate surface area is 128 Å². The molecule has 1 aromatic rings. The molecule has 0 aromatic heterocycles. The van der Waals surface area contributed by atoms with E-state index in [9.17, 15) is 4.79 Å².